The quantitative estimate of drug-likeness (QED) is 0.337. The van der Waals surface area contributed by atoms with Crippen LogP contribution in [-0.2, 0) is 11.3 Å². The number of carbonyl (C=O) groups excluding carboxylic acids is 2. The molecule has 0 spiro atoms. The summed E-state index contributed by atoms with van der Waals surface area (Å²) in [5, 5.41) is 11.6. The molecule has 4 rings (SSSR count). The van der Waals surface area contributed by atoms with Gasteiger partial charge in [-0.2, -0.15) is 0 Å². The number of amides is 1. The second-order valence-corrected chi connectivity index (χ2v) is 7.64. The van der Waals surface area contributed by atoms with Crippen molar-refractivity contribution in [2.45, 2.75) is 19.9 Å². The Morgan fingerprint density at radius 1 is 0.879 bits per heavy atom. The number of aromatic nitrogens is 2. The van der Waals surface area contributed by atoms with Crippen LogP contribution in [0.1, 0.15) is 38.5 Å². The Hall–Kier alpha value is -4.39. The molecule has 0 atom stereocenters. The molecule has 4 aromatic rings. The lowest BCUT2D eigenvalue weighted by Crippen LogP contribution is -2.32. The van der Waals surface area contributed by atoms with Gasteiger partial charge in [0.2, 0.25) is 11.7 Å². The monoisotopic (exact) mass is 439 g/mol. The molecular formula is C26H21N3O4. The van der Waals surface area contributed by atoms with Crippen molar-refractivity contribution in [2.24, 2.45) is 0 Å². The topological polar surface area (TPSA) is 100 Å². The summed E-state index contributed by atoms with van der Waals surface area (Å²) in [6, 6.07) is 20.1. The SMILES string of the molecule is Cc1ccc(N(Cc2ccc3ccccc3c2)C(=O)CC(=O)c2ncccn2)cc1C(=O)O. The third-order valence-electron chi connectivity index (χ3n) is 5.35. The third-order valence-corrected chi connectivity index (χ3v) is 5.35. The maximum Gasteiger partial charge on any atom is 0.336 e. The van der Waals surface area contributed by atoms with Gasteiger partial charge >= 0.3 is 5.97 Å². The number of hydrogen-bond donors (Lipinski definition) is 1. The maximum atomic E-state index is 13.3. The number of aromatic carboxylic acids is 1. The van der Waals surface area contributed by atoms with Gasteiger partial charge in [0.25, 0.3) is 0 Å². The van der Waals surface area contributed by atoms with Gasteiger partial charge in [-0.3, -0.25) is 9.59 Å². The summed E-state index contributed by atoms with van der Waals surface area (Å²) in [4.78, 5) is 46.8. The molecule has 1 aromatic heterocycles. The number of ketones is 1. The number of anilines is 1. The van der Waals surface area contributed by atoms with E-state index in [1.807, 2.05) is 42.5 Å². The van der Waals surface area contributed by atoms with Crippen LogP contribution >= 0.6 is 0 Å². The minimum atomic E-state index is -1.08. The molecule has 7 nitrogen and oxygen atoms in total. The Bertz CT molecular complexity index is 1350. The van der Waals surface area contributed by atoms with Gasteiger partial charge in [-0.1, -0.05) is 42.5 Å². The highest BCUT2D eigenvalue weighted by molar-refractivity contribution is 6.10. The Morgan fingerprint density at radius 3 is 2.33 bits per heavy atom. The Kier molecular flexibility index (Phi) is 6.22. The fourth-order valence-corrected chi connectivity index (χ4v) is 3.61. The van der Waals surface area contributed by atoms with Crippen molar-refractivity contribution in [3.05, 3.63) is 102 Å². The van der Waals surface area contributed by atoms with Gasteiger partial charge in [-0.25, -0.2) is 14.8 Å². The molecule has 0 aliphatic rings. The number of rotatable bonds is 7. The highest BCUT2D eigenvalue weighted by Gasteiger charge is 2.23. The summed E-state index contributed by atoms with van der Waals surface area (Å²) in [5.41, 5.74) is 1.93. The minimum Gasteiger partial charge on any atom is -0.478 e. The van der Waals surface area contributed by atoms with Gasteiger partial charge in [0.15, 0.2) is 5.82 Å². The van der Waals surface area contributed by atoms with Crippen LogP contribution in [0.2, 0.25) is 0 Å². The Morgan fingerprint density at radius 2 is 1.61 bits per heavy atom. The van der Waals surface area contributed by atoms with Crippen LogP contribution in [0.25, 0.3) is 10.8 Å². The molecular weight excluding hydrogens is 418 g/mol. The maximum absolute atomic E-state index is 13.3. The molecule has 0 saturated carbocycles. The van der Waals surface area contributed by atoms with Gasteiger partial charge < -0.3 is 10.0 Å². The van der Waals surface area contributed by atoms with Crippen molar-refractivity contribution in [1.29, 1.82) is 0 Å². The Labute approximate surface area is 190 Å². The summed E-state index contributed by atoms with van der Waals surface area (Å²) in [6.45, 7) is 1.87. The first-order valence-electron chi connectivity index (χ1n) is 10.3. The lowest BCUT2D eigenvalue weighted by Gasteiger charge is -2.24. The number of hydrogen-bond acceptors (Lipinski definition) is 5. The fourth-order valence-electron chi connectivity index (χ4n) is 3.61. The molecule has 0 aliphatic heterocycles. The predicted octanol–water partition coefficient (Wildman–Crippen LogP) is 4.44. The number of aryl methyl sites for hydroxylation is 1. The highest BCUT2D eigenvalue weighted by Crippen LogP contribution is 2.24. The van der Waals surface area contributed by atoms with Crippen molar-refractivity contribution in [3.8, 4) is 0 Å². The number of Topliss-reactive ketones (excluding diaryl/α,β-unsaturated/α-hetero) is 1. The number of fused-ring (bicyclic) bond motifs is 1. The zero-order valence-corrected chi connectivity index (χ0v) is 17.9. The van der Waals surface area contributed by atoms with E-state index in [0.29, 0.717) is 11.3 Å². The van der Waals surface area contributed by atoms with Crippen molar-refractivity contribution in [1.82, 2.24) is 9.97 Å². The molecule has 1 N–H and O–H groups in total. The number of carboxylic acid groups (broad SMARTS) is 1. The van der Waals surface area contributed by atoms with Crippen LogP contribution in [0.15, 0.2) is 79.1 Å². The third kappa shape index (κ3) is 4.93. The van der Waals surface area contributed by atoms with Crippen LogP contribution in [0.3, 0.4) is 0 Å². The van der Waals surface area contributed by atoms with Gasteiger partial charge in [0, 0.05) is 18.1 Å². The number of benzene rings is 3. The average Bonchev–Trinajstić information content (AvgIpc) is 2.83. The fraction of sp³-hybridized carbons (Fsp3) is 0.115. The van der Waals surface area contributed by atoms with Crippen molar-refractivity contribution in [2.75, 3.05) is 4.90 Å². The normalized spacial score (nSPS) is 10.7. The molecule has 0 bridgehead atoms. The smallest absolute Gasteiger partial charge is 0.336 e. The molecule has 0 radical (unpaired) electrons. The standard InChI is InChI=1S/C26H21N3O4/c1-17-7-10-21(14-22(17)26(32)33)29(24(31)15-23(30)25-27-11-4-12-28-25)16-18-8-9-19-5-2-3-6-20(19)13-18/h2-14H,15-16H2,1H3,(H,32,33). The molecule has 164 valence electrons. The average molecular weight is 439 g/mol. The number of carboxylic acids is 1. The van der Waals surface area contributed by atoms with Crippen molar-refractivity contribution >= 4 is 34.1 Å². The largest absolute Gasteiger partial charge is 0.478 e. The van der Waals surface area contributed by atoms with Gasteiger partial charge in [-0.05, 0) is 53.1 Å². The molecule has 0 fully saturated rings. The van der Waals surface area contributed by atoms with Crippen LogP contribution in [-0.4, -0.2) is 32.7 Å². The summed E-state index contributed by atoms with van der Waals surface area (Å²) in [7, 11) is 0. The van der Waals surface area contributed by atoms with Crippen LogP contribution in [0.4, 0.5) is 5.69 Å². The summed E-state index contributed by atoms with van der Waals surface area (Å²) >= 11 is 0. The molecule has 7 heteroatoms. The lowest BCUT2D eigenvalue weighted by atomic mass is 10.0. The van der Waals surface area contributed by atoms with Crippen molar-refractivity contribution in [3.63, 3.8) is 0 Å². The summed E-state index contributed by atoms with van der Waals surface area (Å²) in [5.74, 6) is -2.09. The first kappa shape index (κ1) is 21.8. The first-order chi connectivity index (χ1) is 15.9. The summed E-state index contributed by atoms with van der Waals surface area (Å²) in [6.07, 6.45) is 2.45. The van der Waals surface area contributed by atoms with Gasteiger partial charge in [0.05, 0.1) is 18.5 Å². The zero-order chi connectivity index (χ0) is 23.4. The summed E-state index contributed by atoms with van der Waals surface area (Å²) < 4.78 is 0. The Balaban J connectivity index is 1.69. The molecule has 0 saturated heterocycles. The lowest BCUT2D eigenvalue weighted by molar-refractivity contribution is -0.117. The predicted molar refractivity (Wildman–Crippen MR) is 124 cm³/mol. The molecule has 0 unspecified atom stereocenters. The highest BCUT2D eigenvalue weighted by atomic mass is 16.4. The van der Waals surface area contributed by atoms with E-state index in [-0.39, 0.29) is 17.9 Å². The molecule has 33 heavy (non-hydrogen) atoms. The first-order valence-corrected chi connectivity index (χ1v) is 10.3. The van der Waals surface area contributed by atoms with E-state index >= 15 is 0 Å². The second-order valence-electron chi connectivity index (χ2n) is 7.64. The van der Waals surface area contributed by atoms with Crippen LogP contribution < -0.4 is 4.90 Å². The van der Waals surface area contributed by atoms with Gasteiger partial charge in [-0.15, -0.1) is 0 Å². The number of carbonyl (C=O) groups is 3. The molecule has 0 aliphatic carbocycles. The second kappa shape index (κ2) is 9.40. The zero-order valence-electron chi connectivity index (χ0n) is 17.9. The molecule has 3 aromatic carbocycles. The van der Waals surface area contributed by atoms with E-state index < -0.39 is 24.1 Å². The van der Waals surface area contributed by atoms with E-state index in [1.165, 1.54) is 23.4 Å². The minimum absolute atomic E-state index is 0.0355. The van der Waals surface area contributed by atoms with Gasteiger partial charge in [0.1, 0.15) is 0 Å². The number of nitrogens with zero attached hydrogens (tertiary/aromatic N) is 3. The van der Waals surface area contributed by atoms with Crippen LogP contribution in [0, 0.1) is 6.92 Å². The van der Waals surface area contributed by atoms with E-state index in [1.54, 1.807) is 25.1 Å². The van der Waals surface area contributed by atoms with Crippen LogP contribution in [0.5, 0.6) is 0 Å². The molecule has 1 amide bonds. The van der Waals surface area contributed by atoms with E-state index in [9.17, 15) is 19.5 Å². The van der Waals surface area contributed by atoms with E-state index in [0.717, 1.165) is 16.3 Å². The van der Waals surface area contributed by atoms with E-state index in [4.69, 9.17) is 0 Å². The van der Waals surface area contributed by atoms with E-state index in [2.05, 4.69) is 9.97 Å². The van der Waals surface area contributed by atoms with Crippen molar-refractivity contribution < 1.29 is 19.5 Å². The molecule has 1 heterocycles.